The van der Waals surface area contributed by atoms with Crippen molar-refractivity contribution in [1.82, 2.24) is 25.4 Å². The van der Waals surface area contributed by atoms with Gasteiger partial charge < -0.3 is 0 Å². The van der Waals surface area contributed by atoms with E-state index in [1.54, 1.807) is 12.4 Å². The maximum absolute atomic E-state index is 5.70. The smallest absolute Gasteiger partial charge is 0.0722 e. The second kappa shape index (κ2) is 5.99. The van der Waals surface area contributed by atoms with Crippen molar-refractivity contribution in [2.45, 2.75) is 25.9 Å². The van der Waals surface area contributed by atoms with Crippen LogP contribution in [0.5, 0.6) is 0 Å². The fourth-order valence-electron chi connectivity index (χ4n) is 2.56. The van der Waals surface area contributed by atoms with E-state index < -0.39 is 0 Å². The van der Waals surface area contributed by atoms with E-state index in [1.165, 1.54) is 5.39 Å². The second-order valence-corrected chi connectivity index (χ2v) is 4.88. The zero-order chi connectivity index (χ0) is 14.7. The summed E-state index contributed by atoms with van der Waals surface area (Å²) < 4.78 is 2.02. The quantitative estimate of drug-likeness (QED) is 0.548. The van der Waals surface area contributed by atoms with Crippen LogP contribution in [0.25, 0.3) is 10.9 Å². The zero-order valence-corrected chi connectivity index (χ0v) is 11.9. The van der Waals surface area contributed by atoms with E-state index in [0.29, 0.717) is 6.42 Å². The zero-order valence-electron chi connectivity index (χ0n) is 11.9. The highest BCUT2D eigenvalue weighted by Gasteiger charge is 2.16. The summed E-state index contributed by atoms with van der Waals surface area (Å²) in [5, 5.41) is 13.6. The Morgan fingerprint density at radius 2 is 2.10 bits per heavy atom. The molecule has 0 saturated carbocycles. The summed E-state index contributed by atoms with van der Waals surface area (Å²) in [4.78, 5) is 0. The Balaban J connectivity index is 1.97. The number of hydrogen-bond donors (Lipinski definition) is 2. The van der Waals surface area contributed by atoms with Gasteiger partial charge in [-0.25, -0.2) is 0 Å². The lowest BCUT2D eigenvalue weighted by Gasteiger charge is -2.14. The lowest BCUT2D eigenvalue weighted by Crippen LogP contribution is -2.29. The van der Waals surface area contributed by atoms with Crippen molar-refractivity contribution in [3.63, 3.8) is 0 Å². The molecular weight excluding hydrogens is 264 g/mol. The van der Waals surface area contributed by atoms with Gasteiger partial charge in [-0.1, -0.05) is 18.2 Å². The topological polar surface area (TPSA) is 81.7 Å². The second-order valence-electron chi connectivity index (χ2n) is 4.88. The van der Waals surface area contributed by atoms with E-state index in [9.17, 15) is 0 Å². The molecule has 108 valence electrons. The van der Waals surface area contributed by atoms with Crippen molar-refractivity contribution in [3.05, 3.63) is 54.0 Å². The van der Waals surface area contributed by atoms with Crippen molar-refractivity contribution < 1.29 is 0 Å². The SMILES string of the molecule is CCn1nc(CC(NN)c2ccnnc2)c2ccccc21. The van der Waals surface area contributed by atoms with E-state index >= 15 is 0 Å². The number of benzene rings is 1. The Morgan fingerprint density at radius 3 is 2.81 bits per heavy atom. The molecule has 0 aliphatic carbocycles. The average Bonchev–Trinajstić information content (AvgIpc) is 2.91. The van der Waals surface area contributed by atoms with Crippen LogP contribution >= 0.6 is 0 Å². The Kier molecular flexibility index (Phi) is 3.89. The molecule has 3 N–H and O–H groups in total. The molecular formula is C15H18N6. The van der Waals surface area contributed by atoms with Gasteiger partial charge in [-0.05, 0) is 24.6 Å². The van der Waals surface area contributed by atoms with Crippen LogP contribution in [-0.4, -0.2) is 20.0 Å². The van der Waals surface area contributed by atoms with Crippen molar-refractivity contribution in [2.24, 2.45) is 5.84 Å². The van der Waals surface area contributed by atoms with Crippen LogP contribution in [0, 0.1) is 0 Å². The molecule has 1 unspecified atom stereocenters. The molecule has 0 aliphatic rings. The molecule has 2 aromatic heterocycles. The summed E-state index contributed by atoms with van der Waals surface area (Å²) in [7, 11) is 0. The van der Waals surface area contributed by atoms with Gasteiger partial charge in [-0.15, -0.1) is 0 Å². The maximum Gasteiger partial charge on any atom is 0.0722 e. The van der Waals surface area contributed by atoms with Gasteiger partial charge in [-0.2, -0.15) is 15.3 Å². The monoisotopic (exact) mass is 282 g/mol. The molecule has 0 amide bonds. The third-order valence-corrected chi connectivity index (χ3v) is 3.64. The van der Waals surface area contributed by atoms with E-state index in [0.717, 1.165) is 23.3 Å². The standard InChI is InChI=1S/C15H18N6/c1-2-21-15-6-4-3-5-12(15)14(20-21)9-13(19-16)11-7-8-17-18-10-11/h3-8,10,13,19H,2,9,16H2,1H3. The number of nitrogens with two attached hydrogens (primary N) is 1. The van der Waals surface area contributed by atoms with Gasteiger partial charge in [0.15, 0.2) is 0 Å². The molecule has 0 aliphatic heterocycles. The first kappa shape index (κ1) is 13.7. The van der Waals surface area contributed by atoms with Gasteiger partial charge >= 0.3 is 0 Å². The number of nitrogens with one attached hydrogen (secondary N) is 1. The molecule has 0 fully saturated rings. The van der Waals surface area contributed by atoms with Crippen LogP contribution < -0.4 is 11.3 Å². The molecule has 6 nitrogen and oxygen atoms in total. The first-order valence-corrected chi connectivity index (χ1v) is 7.00. The fourth-order valence-corrected chi connectivity index (χ4v) is 2.56. The number of hydrazine groups is 1. The highest BCUT2D eigenvalue weighted by atomic mass is 15.3. The predicted octanol–water partition coefficient (Wildman–Crippen LogP) is 1.59. The molecule has 2 heterocycles. The summed E-state index contributed by atoms with van der Waals surface area (Å²) in [6, 6.07) is 10.1. The lowest BCUT2D eigenvalue weighted by atomic mass is 10.0. The Bertz CT molecular complexity index is 721. The summed E-state index contributed by atoms with van der Waals surface area (Å²) in [5.74, 6) is 5.70. The fraction of sp³-hybridized carbons (Fsp3) is 0.267. The van der Waals surface area contributed by atoms with Crippen molar-refractivity contribution in [2.75, 3.05) is 0 Å². The molecule has 0 bridgehead atoms. The number of aryl methyl sites for hydroxylation is 1. The molecule has 1 aromatic carbocycles. The third-order valence-electron chi connectivity index (χ3n) is 3.64. The van der Waals surface area contributed by atoms with Crippen molar-refractivity contribution in [3.8, 4) is 0 Å². The summed E-state index contributed by atoms with van der Waals surface area (Å²) >= 11 is 0. The van der Waals surface area contributed by atoms with Crippen LogP contribution in [0.15, 0.2) is 42.7 Å². The number of rotatable bonds is 5. The van der Waals surface area contributed by atoms with E-state index in [-0.39, 0.29) is 6.04 Å². The first-order valence-electron chi connectivity index (χ1n) is 7.00. The average molecular weight is 282 g/mol. The van der Waals surface area contributed by atoms with Crippen LogP contribution in [-0.2, 0) is 13.0 Å². The molecule has 3 aromatic rings. The van der Waals surface area contributed by atoms with Crippen LogP contribution in [0.1, 0.15) is 24.2 Å². The minimum atomic E-state index is -0.0379. The summed E-state index contributed by atoms with van der Waals surface area (Å²) in [5.41, 5.74) is 6.03. The molecule has 21 heavy (non-hydrogen) atoms. The molecule has 6 heteroatoms. The van der Waals surface area contributed by atoms with Gasteiger partial charge in [0, 0.05) is 24.5 Å². The molecule has 0 saturated heterocycles. The van der Waals surface area contributed by atoms with Gasteiger partial charge in [0.2, 0.25) is 0 Å². The number of para-hydroxylation sites is 1. The normalized spacial score (nSPS) is 12.7. The number of fused-ring (bicyclic) bond motifs is 1. The van der Waals surface area contributed by atoms with Gasteiger partial charge in [0.05, 0.1) is 23.4 Å². The highest BCUT2D eigenvalue weighted by molar-refractivity contribution is 5.82. The minimum Gasteiger partial charge on any atom is -0.271 e. The first-order chi connectivity index (χ1) is 10.3. The Labute approximate surface area is 123 Å². The number of hydrogen-bond acceptors (Lipinski definition) is 5. The lowest BCUT2D eigenvalue weighted by molar-refractivity contribution is 0.536. The minimum absolute atomic E-state index is 0.0379. The maximum atomic E-state index is 5.70. The van der Waals surface area contributed by atoms with Crippen molar-refractivity contribution >= 4 is 10.9 Å². The van der Waals surface area contributed by atoms with Gasteiger partial charge in [-0.3, -0.25) is 16.0 Å². The number of aromatic nitrogens is 4. The highest BCUT2D eigenvalue weighted by Crippen LogP contribution is 2.23. The molecule has 3 rings (SSSR count). The molecule has 0 radical (unpaired) electrons. The van der Waals surface area contributed by atoms with E-state index in [1.807, 2.05) is 22.9 Å². The summed E-state index contributed by atoms with van der Waals surface area (Å²) in [6.07, 6.45) is 4.10. The summed E-state index contributed by atoms with van der Waals surface area (Å²) in [6.45, 7) is 2.94. The Hall–Kier alpha value is -2.31. The van der Waals surface area contributed by atoms with Crippen LogP contribution in [0.2, 0.25) is 0 Å². The van der Waals surface area contributed by atoms with Crippen LogP contribution in [0.3, 0.4) is 0 Å². The number of nitrogens with zero attached hydrogens (tertiary/aromatic N) is 4. The van der Waals surface area contributed by atoms with E-state index in [4.69, 9.17) is 10.9 Å². The predicted molar refractivity (Wildman–Crippen MR) is 81.2 cm³/mol. The third kappa shape index (κ3) is 2.63. The van der Waals surface area contributed by atoms with Crippen molar-refractivity contribution in [1.29, 1.82) is 0 Å². The Morgan fingerprint density at radius 1 is 1.24 bits per heavy atom. The van der Waals surface area contributed by atoms with E-state index in [2.05, 4.69) is 34.7 Å². The van der Waals surface area contributed by atoms with Crippen LogP contribution in [0.4, 0.5) is 0 Å². The van der Waals surface area contributed by atoms with Gasteiger partial charge in [0.1, 0.15) is 0 Å². The molecule has 0 spiro atoms. The largest absolute Gasteiger partial charge is 0.271 e. The van der Waals surface area contributed by atoms with Gasteiger partial charge in [0.25, 0.3) is 0 Å². The molecule has 1 atom stereocenters.